The molecule has 2 aromatic rings. The van der Waals surface area contributed by atoms with Crippen LogP contribution in [-0.4, -0.2) is 9.38 Å². The van der Waals surface area contributed by atoms with Crippen LogP contribution in [0.25, 0.3) is 4.96 Å². The Morgan fingerprint density at radius 2 is 2.23 bits per heavy atom. The molecule has 0 saturated heterocycles. The topological polar surface area (TPSA) is 43.3 Å². The fraction of sp³-hybridized carbons (Fsp3) is 0.444. The number of imidazole rings is 1. The van der Waals surface area contributed by atoms with Crippen molar-refractivity contribution in [2.24, 2.45) is 5.73 Å². The van der Waals surface area contributed by atoms with Crippen molar-refractivity contribution in [3.05, 3.63) is 23.0 Å². The highest BCUT2D eigenvalue weighted by molar-refractivity contribution is 7.15. The zero-order valence-corrected chi connectivity index (χ0v) is 8.85. The number of rotatable bonds is 1. The van der Waals surface area contributed by atoms with Gasteiger partial charge < -0.3 is 5.73 Å². The Morgan fingerprint density at radius 1 is 1.54 bits per heavy atom. The molecular weight excluding hydrogens is 182 g/mol. The van der Waals surface area contributed by atoms with Crippen LogP contribution in [0, 0.1) is 6.92 Å². The Labute approximate surface area is 81.2 Å². The van der Waals surface area contributed by atoms with Crippen LogP contribution in [-0.2, 0) is 5.54 Å². The zero-order valence-electron chi connectivity index (χ0n) is 8.03. The van der Waals surface area contributed by atoms with E-state index in [1.807, 2.05) is 20.0 Å². The molecule has 2 N–H and O–H groups in total. The van der Waals surface area contributed by atoms with Gasteiger partial charge in [0.1, 0.15) is 0 Å². The Bertz CT molecular complexity index is 433. The minimum absolute atomic E-state index is 0.328. The van der Waals surface area contributed by atoms with E-state index in [4.69, 9.17) is 5.73 Å². The molecule has 0 bridgehead atoms. The molecule has 0 aliphatic rings. The van der Waals surface area contributed by atoms with E-state index in [1.54, 1.807) is 11.3 Å². The number of hydrogen-bond acceptors (Lipinski definition) is 3. The summed E-state index contributed by atoms with van der Waals surface area (Å²) < 4.78 is 2.12. The summed E-state index contributed by atoms with van der Waals surface area (Å²) in [5.41, 5.74) is 7.98. The zero-order chi connectivity index (χ0) is 9.64. The summed E-state index contributed by atoms with van der Waals surface area (Å²) in [5.74, 6) is 0. The molecule has 4 heteroatoms. The predicted molar refractivity (Wildman–Crippen MR) is 55.0 cm³/mol. The van der Waals surface area contributed by atoms with Crippen molar-refractivity contribution in [3.8, 4) is 0 Å². The highest BCUT2D eigenvalue weighted by Crippen LogP contribution is 2.23. The maximum absolute atomic E-state index is 6.04. The van der Waals surface area contributed by atoms with Crippen molar-refractivity contribution < 1.29 is 0 Å². The summed E-state index contributed by atoms with van der Waals surface area (Å²) in [6.45, 7) is 6.06. The van der Waals surface area contributed by atoms with Crippen molar-refractivity contribution in [1.82, 2.24) is 9.38 Å². The van der Waals surface area contributed by atoms with Gasteiger partial charge in [-0.05, 0) is 20.8 Å². The van der Waals surface area contributed by atoms with Crippen LogP contribution in [0.1, 0.15) is 25.2 Å². The highest BCUT2D eigenvalue weighted by Gasteiger charge is 2.20. The van der Waals surface area contributed by atoms with E-state index < -0.39 is 0 Å². The normalized spacial score (nSPS) is 12.6. The van der Waals surface area contributed by atoms with Crippen molar-refractivity contribution >= 4 is 16.3 Å². The first kappa shape index (κ1) is 8.72. The second-order valence-corrected chi connectivity index (χ2v) is 4.70. The van der Waals surface area contributed by atoms with E-state index >= 15 is 0 Å². The molecule has 2 aromatic heterocycles. The lowest BCUT2D eigenvalue weighted by molar-refractivity contribution is 0.529. The van der Waals surface area contributed by atoms with Crippen LogP contribution in [0.3, 0.4) is 0 Å². The molecule has 0 aromatic carbocycles. The van der Waals surface area contributed by atoms with E-state index in [0.29, 0.717) is 0 Å². The first-order valence-corrected chi connectivity index (χ1v) is 5.09. The van der Waals surface area contributed by atoms with Gasteiger partial charge in [-0.2, -0.15) is 0 Å². The molecule has 3 nitrogen and oxygen atoms in total. The molecule has 0 atom stereocenters. The van der Waals surface area contributed by atoms with Gasteiger partial charge in [0.15, 0.2) is 4.96 Å². The number of thiazole rings is 1. The summed E-state index contributed by atoms with van der Waals surface area (Å²) in [6, 6.07) is 0. The molecule has 70 valence electrons. The lowest BCUT2D eigenvalue weighted by Crippen LogP contribution is -2.30. The fourth-order valence-corrected chi connectivity index (χ4v) is 2.25. The number of aromatic nitrogens is 2. The van der Waals surface area contributed by atoms with Crippen LogP contribution in [0.5, 0.6) is 0 Å². The molecule has 0 unspecified atom stereocenters. The van der Waals surface area contributed by atoms with Crippen LogP contribution >= 0.6 is 11.3 Å². The SMILES string of the molecule is Cc1csc2ncc(C(C)(C)N)n12. The summed E-state index contributed by atoms with van der Waals surface area (Å²) in [7, 11) is 0. The highest BCUT2D eigenvalue weighted by atomic mass is 32.1. The number of fused-ring (bicyclic) bond motifs is 1. The largest absolute Gasteiger partial charge is 0.321 e. The van der Waals surface area contributed by atoms with Gasteiger partial charge in [-0.1, -0.05) is 0 Å². The van der Waals surface area contributed by atoms with E-state index in [2.05, 4.69) is 21.7 Å². The molecule has 0 radical (unpaired) electrons. The third kappa shape index (κ3) is 1.26. The second kappa shape index (κ2) is 2.56. The third-order valence-electron chi connectivity index (χ3n) is 2.08. The average molecular weight is 195 g/mol. The number of hydrogen-bond donors (Lipinski definition) is 1. The minimum atomic E-state index is -0.328. The maximum Gasteiger partial charge on any atom is 0.194 e. The number of aryl methyl sites for hydroxylation is 1. The van der Waals surface area contributed by atoms with E-state index in [9.17, 15) is 0 Å². The summed E-state index contributed by atoms with van der Waals surface area (Å²) in [5, 5.41) is 2.09. The van der Waals surface area contributed by atoms with Gasteiger partial charge in [0.25, 0.3) is 0 Å². The van der Waals surface area contributed by atoms with Crippen LogP contribution in [0.2, 0.25) is 0 Å². The monoisotopic (exact) mass is 195 g/mol. The standard InChI is InChI=1S/C9H13N3S/c1-6-5-13-8-11-4-7(12(6)8)9(2,3)10/h4-5H,10H2,1-3H3. The van der Waals surface area contributed by atoms with Gasteiger partial charge in [-0.15, -0.1) is 11.3 Å². The van der Waals surface area contributed by atoms with Crippen LogP contribution in [0.15, 0.2) is 11.6 Å². The van der Waals surface area contributed by atoms with Gasteiger partial charge in [-0.3, -0.25) is 4.40 Å². The van der Waals surface area contributed by atoms with E-state index in [-0.39, 0.29) is 5.54 Å². The van der Waals surface area contributed by atoms with Gasteiger partial charge in [0.2, 0.25) is 0 Å². The van der Waals surface area contributed by atoms with Crippen LogP contribution < -0.4 is 5.73 Å². The van der Waals surface area contributed by atoms with Gasteiger partial charge >= 0.3 is 0 Å². The predicted octanol–water partition coefficient (Wildman–Crippen LogP) is 1.90. The molecule has 0 saturated carbocycles. The first-order valence-electron chi connectivity index (χ1n) is 4.21. The molecule has 0 amide bonds. The van der Waals surface area contributed by atoms with Gasteiger partial charge in [0, 0.05) is 11.1 Å². The molecular formula is C9H13N3S. The number of nitrogens with zero attached hydrogens (tertiary/aromatic N) is 2. The Hall–Kier alpha value is -0.870. The van der Waals surface area contributed by atoms with E-state index in [0.717, 1.165) is 10.7 Å². The van der Waals surface area contributed by atoms with Crippen LogP contribution in [0.4, 0.5) is 0 Å². The molecule has 0 aliphatic heterocycles. The second-order valence-electron chi connectivity index (χ2n) is 3.86. The van der Waals surface area contributed by atoms with Gasteiger partial charge in [0.05, 0.1) is 17.4 Å². The number of nitrogens with two attached hydrogens (primary N) is 1. The summed E-state index contributed by atoms with van der Waals surface area (Å²) in [6.07, 6.45) is 1.86. The summed E-state index contributed by atoms with van der Waals surface area (Å²) >= 11 is 1.65. The van der Waals surface area contributed by atoms with Crippen molar-refractivity contribution in [3.63, 3.8) is 0 Å². The molecule has 0 aliphatic carbocycles. The fourth-order valence-electron chi connectivity index (χ4n) is 1.40. The molecule has 2 heterocycles. The Balaban J connectivity index is 2.76. The van der Waals surface area contributed by atoms with Crippen molar-refractivity contribution in [2.45, 2.75) is 26.3 Å². The lowest BCUT2D eigenvalue weighted by Gasteiger charge is -2.17. The Morgan fingerprint density at radius 3 is 2.85 bits per heavy atom. The van der Waals surface area contributed by atoms with Crippen molar-refractivity contribution in [1.29, 1.82) is 0 Å². The molecule has 0 spiro atoms. The smallest absolute Gasteiger partial charge is 0.194 e. The third-order valence-corrected chi connectivity index (χ3v) is 3.03. The maximum atomic E-state index is 6.04. The van der Waals surface area contributed by atoms with Crippen molar-refractivity contribution in [2.75, 3.05) is 0 Å². The van der Waals surface area contributed by atoms with E-state index in [1.165, 1.54) is 5.69 Å². The average Bonchev–Trinajstić information content (AvgIpc) is 2.51. The Kier molecular flexibility index (Phi) is 1.72. The summed E-state index contributed by atoms with van der Waals surface area (Å²) in [4.78, 5) is 5.33. The minimum Gasteiger partial charge on any atom is -0.321 e. The molecule has 13 heavy (non-hydrogen) atoms. The molecule has 0 fully saturated rings. The van der Waals surface area contributed by atoms with Gasteiger partial charge in [-0.25, -0.2) is 4.98 Å². The lowest BCUT2D eigenvalue weighted by atomic mass is 10.0. The first-order chi connectivity index (χ1) is 6.00. The molecule has 2 rings (SSSR count). The quantitative estimate of drug-likeness (QED) is 0.755.